The molecule has 0 aliphatic carbocycles. The van der Waals surface area contributed by atoms with Gasteiger partial charge in [0.25, 0.3) is 5.91 Å². The maximum absolute atomic E-state index is 12.1. The zero-order valence-corrected chi connectivity index (χ0v) is 11.7. The van der Waals surface area contributed by atoms with Gasteiger partial charge in [0.05, 0.1) is 35.6 Å². The van der Waals surface area contributed by atoms with Gasteiger partial charge in [0.15, 0.2) is 0 Å². The van der Waals surface area contributed by atoms with Gasteiger partial charge in [-0.25, -0.2) is 0 Å². The molecule has 0 aliphatic rings. The third-order valence-electron chi connectivity index (χ3n) is 2.65. The minimum Gasteiger partial charge on any atom is -0.399 e. The van der Waals surface area contributed by atoms with Crippen LogP contribution in [0.2, 0.25) is 5.02 Å². The van der Waals surface area contributed by atoms with Gasteiger partial charge in [0, 0.05) is 19.0 Å². The molecule has 6 nitrogen and oxygen atoms in total. The fourth-order valence-corrected chi connectivity index (χ4v) is 1.85. The average Bonchev–Trinajstić information content (AvgIpc) is 2.86. The molecule has 1 aromatic heterocycles. The number of nitrogen functional groups attached to an aromatic ring is 1. The van der Waals surface area contributed by atoms with E-state index in [9.17, 15) is 4.79 Å². The summed E-state index contributed by atoms with van der Waals surface area (Å²) < 4.78 is 6.64. The predicted octanol–water partition coefficient (Wildman–Crippen LogP) is 2.02. The Kier molecular flexibility index (Phi) is 4.60. The lowest BCUT2D eigenvalue weighted by atomic mass is 10.2. The second kappa shape index (κ2) is 6.40. The largest absolute Gasteiger partial charge is 0.399 e. The van der Waals surface area contributed by atoms with Crippen molar-refractivity contribution < 1.29 is 9.53 Å². The number of nitrogens with one attached hydrogen (secondary N) is 1. The van der Waals surface area contributed by atoms with Gasteiger partial charge in [0.2, 0.25) is 0 Å². The van der Waals surface area contributed by atoms with E-state index in [-0.39, 0.29) is 5.91 Å². The first-order valence-electron chi connectivity index (χ1n) is 5.98. The third-order valence-corrected chi connectivity index (χ3v) is 2.98. The number of anilines is 2. The molecule has 2 aromatic rings. The number of ether oxygens (including phenoxy) is 1. The second-order valence-corrected chi connectivity index (χ2v) is 4.59. The molecular weight excluding hydrogens is 280 g/mol. The van der Waals surface area contributed by atoms with Crippen LogP contribution in [0.3, 0.4) is 0 Å². The number of carbonyl (C=O) groups excluding carboxylic acids is 1. The summed E-state index contributed by atoms with van der Waals surface area (Å²) in [4.78, 5) is 12.1. The number of methoxy groups -OCH3 is 1. The highest BCUT2D eigenvalue weighted by molar-refractivity contribution is 6.34. The maximum atomic E-state index is 12.1. The average molecular weight is 295 g/mol. The zero-order valence-electron chi connectivity index (χ0n) is 11.0. The van der Waals surface area contributed by atoms with Gasteiger partial charge in [-0.2, -0.15) is 5.10 Å². The predicted molar refractivity (Wildman–Crippen MR) is 77.9 cm³/mol. The first-order valence-corrected chi connectivity index (χ1v) is 6.35. The van der Waals surface area contributed by atoms with E-state index >= 15 is 0 Å². The maximum Gasteiger partial charge on any atom is 0.257 e. The standard InChI is InChI=1S/C13H15ClN4O2/c1-20-5-4-18-8-10(7-16-18)17-13(19)11-6-9(15)2-3-12(11)14/h2-3,6-8H,4-5,15H2,1H3,(H,17,19). The number of hydrogen-bond acceptors (Lipinski definition) is 4. The summed E-state index contributed by atoms with van der Waals surface area (Å²) in [5.41, 5.74) is 7.05. The van der Waals surface area contributed by atoms with E-state index in [1.165, 1.54) is 6.07 Å². The smallest absolute Gasteiger partial charge is 0.257 e. The highest BCUT2D eigenvalue weighted by atomic mass is 35.5. The highest BCUT2D eigenvalue weighted by Crippen LogP contribution is 2.20. The molecule has 106 valence electrons. The molecule has 0 atom stereocenters. The second-order valence-electron chi connectivity index (χ2n) is 4.18. The van der Waals surface area contributed by atoms with Crippen molar-refractivity contribution in [1.29, 1.82) is 0 Å². The van der Waals surface area contributed by atoms with Crippen LogP contribution >= 0.6 is 11.6 Å². The van der Waals surface area contributed by atoms with Crippen LogP contribution in [0.1, 0.15) is 10.4 Å². The SMILES string of the molecule is COCCn1cc(NC(=O)c2cc(N)ccc2Cl)cn1. The van der Waals surface area contributed by atoms with Crippen LogP contribution in [0.5, 0.6) is 0 Å². The Bertz CT molecular complexity index is 612. The summed E-state index contributed by atoms with van der Waals surface area (Å²) in [5.74, 6) is -0.325. The lowest BCUT2D eigenvalue weighted by Gasteiger charge is -2.05. The number of nitrogens with two attached hydrogens (primary N) is 1. The van der Waals surface area contributed by atoms with Gasteiger partial charge >= 0.3 is 0 Å². The van der Waals surface area contributed by atoms with Gasteiger partial charge in [-0.15, -0.1) is 0 Å². The highest BCUT2D eigenvalue weighted by Gasteiger charge is 2.12. The van der Waals surface area contributed by atoms with Gasteiger partial charge in [-0.3, -0.25) is 9.48 Å². The van der Waals surface area contributed by atoms with E-state index < -0.39 is 0 Å². The molecule has 2 rings (SSSR count). The Labute approximate surface area is 121 Å². The Morgan fingerprint density at radius 3 is 3.10 bits per heavy atom. The summed E-state index contributed by atoms with van der Waals surface area (Å²) in [6.07, 6.45) is 3.28. The van der Waals surface area contributed by atoms with Crippen LogP contribution in [0, 0.1) is 0 Å². The van der Waals surface area contributed by atoms with Crippen LogP contribution in [0.25, 0.3) is 0 Å². The van der Waals surface area contributed by atoms with Crippen LogP contribution in [0.4, 0.5) is 11.4 Å². The lowest BCUT2D eigenvalue weighted by molar-refractivity contribution is 0.102. The number of hydrogen-bond donors (Lipinski definition) is 2. The molecule has 0 radical (unpaired) electrons. The molecule has 1 amide bonds. The number of aromatic nitrogens is 2. The molecule has 0 fully saturated rings. The van der Waals surface area contributed by atoms with Crippen LogP contribution in [0.15, 0.2) is 30.6 Å². The minimum atomic E-state index is -0.325. The van der Waals surface area contributed by atoms with Crippen LogP contribution < -0.4 is 11.1 Å². The Hall–Kier alpha value is -2.05. The fraction of sp³-hybridized carbons (Fsp3) is 0.231. The molecule has 0 saturated carbocycles. The number of nitrogens with zero attached hydrogens (tertiary/aromatic N) is 2. The summed E-state index contributed by atoms with van der Waals surface area (Å²) >= 11 is 5.98. The fourth-order valence-electron chi connectivity index (χ4n) is 1.65. The molecule has 0 bridgehead atoms. The van der Waals surface area contributed by atoms with Gasteiger partial charge in [0.1, 0.15) is 0 Å². The Morgan fingerprint density at radius 2 is 2.35 bits per heavy atom. The van der Waals surface area contributed by atoms with Crippen molar-refractivity contribution >= 4 is 28.9 Å². The summed E-state index contributed by atoms with van der Waals surface area (Å²) in [6.45, 7) is 1.17. The van der Waals surface area contributed by atoms with E-state index in [1.54, 1.807) is 36.3 Å². The van der Waals surface area contributed by atoms with Crippen LogP contribution in [-0.4, -0.2) is 29.4 Å². The molecule has 20 heavy (non-hydrogen) atoms. The minimum absolute atomic E-state index is 0.325. The lowest BCUT2D eigenvalue weighted by Crippen LogP contribution is -2.12. The Balaban J connectivity index is 2.07. The molecule has 0 spiro atoms. The van der Waals surface area contributed by atoms with E-state index in [1.807, 2.05) is 0 Å². The van der Waals surface area contributed by atoms with E-state index in [0.29, 0.717) is 35.1 Å². The van der Waals surface area contributed by atoms with E-state index in [2.05, 4.69) is 10.4 Å². The van der Waals surface area contributed by atoms with Crippen molar-refractivity contribution in [2.24, 2.45) is 0 Å². The first kappa shape index (κ1) is 14.4. The van der Waals surface area contributed by atoms with Crippen molar-refractivity contribution in [1.82, 2.24) is 9.78 Å². The van der Waals surface area contributed by atoms with E-state index in [0.717, 1.165) is 0 Å². The molecule has 1 heterocycles. The van der Waals surface area contributed by atoms with Gasteiger partial charge < -0.3 is 15.8 Å². The third kappa shape index (κ3) is 3.49. The quantitative estimate of drug-likeness (QED) is 0.827. The number of benzene rings is 1. The molecule has 0 aliphatic heterocycles. The van der Waals surface area contributed by atoms with Gasteiger partial charge in [-0.05, 0) is 18.2 Å². The van der Waals surface area contributed by atoms with Crippen LogP contribution in [-0.2, 0) is 11.3 Å². The zero-order chi connectivity index (χ0) is 14.5. The molecule has 0 saturated heterocycles. The Morgan fingerprint density at radius 1 is 1.55 bits per heavy atom. The van der Waals surface area contributed by atoms with E-state index in [4.69, 9.17) is 22.1 Å². The molecule has 7 heteroatoms. The number of amides is 1. The summed E-state index contributed by atoms with van der Waals surface area (Å²) in [6, 6.07) is 4.77. The normalized spacial score (nSPS) is 10.5. The van der Waals surface area contributed by atoms with Crippen molar-refractivity contribution in [2.45, 2.75) is 6.54 Å². The van der Waals surface area contributed by atoms with Crippen molar-refractivity contribution in [3.05, 3.63) is 41.2 Å². The van der Waals surface area contributed by atoms with Gasteiger partial charge in [-0.1, -0.05) is 11.6 Å². The number of carbonyl (C=O) groups is 1. The summed E-state index contributed by atoms with van der Waals surface area (Å²) in [7, 11) is 1.62. The van der Waals surface area contributed by atoms with Crippen molar-refractivity contribution in [3.63, 3.8) is 0 Å². The van der Waals surface area contributed by atoms with Crippen molar-refractivity contribution in [2.75, 3.05) is 24.8 Å². The monoisotopic (exact) mass is 294 g/mol. The first-order chi connectivity index (χ1) is 9.60. The molecule has 0 unspecified atom stereocenters. The molecular formula is C13H15ClN4O2. The molecule has 3 N–H and O–H groups in total. The topological polar surface area (TPSA) is 82.2 Å². The van der Waals surface area contributed by atoms with Crippen molar-refractivity contribution in [3.8, 4) is 0 Å². The summed E-state index contributed by atoms with van der Waals surface area (Å²) in [5, 5.41) is 7.18. The number of halogens is 1. The number of rotatable bonds is 5. The molecule has 1 aromatic carbocycles.